The number of aromatic hydroxyl groups is 1. The summed E-state index contributed by atoms with van der Waals surface area (Å²) in [6.07, 6.45) is 0. The van der Waals surface area contributed by atoms with E-state index in [1.165, 1.54) is 6.92 Å². The van der Waals surface area contributed by atoms with Crippen LogP contribution < -0.4 is 4.90 Å². The van der Waals surface area contributed by atoms with Gasteiger partial charge in [0.05, 0.1) is 5.56 Å². The van der Waals surface area contributed by atoms with E-state index in [-0.39, 0.29) is 11.5 Å². The molecule has 0 atom stereocenters. The Morgan fingerprint density at radius 3 is 2.40 bits per heavy atom. The van der Waals surface area contributed by atoms with Crippen molar-refractivity contribution in [3.8, 4) is 5.75 Å². The van der Waals surface area contributed by atoms with Gasteiger partial charge in [-0.2, -0.15) is 0 Å². The molecule has 0 radical (unpaired) electrons. The Kier molecular flexibility index (Phi) is 4.65. The third-order valence-electron chi connectivity index (χ3n) is 3.72. The molecule has 4 nitrogen and oxygen atoms in total. The van der Waals surface area contributed by atoms with Gasteiger partial charge in [0, 0.05) is 44.5 Å². The van der Waals surface area contributed by atoms with Crippen LogP contribution >= 0.6 is 0 Å². The fourth-order valence-corrected chi connectivity index (χ4v) is 2.72. The summed E-state index contributed by atoms with van der Waals surface area (Å²) >= 11 is 0. The van der Waals surface area contributed by atoms with Crippen molar-refractivity contribution in [3.63, 3.8) is 0 Å². The topological polar surface area (TPSA) is 43.8 Å². The maximum atomic E-state index is 11.3. The molecular formula is C16H24N2O2. The van der Waals surface area contributed by atoms with Crippen molar-refractivity contribution >= 4 is 11.5 Å². The van der Waals surface area contributed by atoms with Gasteiger partial charge in [-0.1, -0.05) is 13.8 Å². The van der Waals surface area contributed by atoms with E-state index in [0.29, 0.717) is 11.5 Å². The number of anilines is 1. The minimum Gasteiger partial charge on any atom is -0.507 e. The molecule has 0 saturated carbocycles. The SMILES string of the molecule is CC(=O)c1ccc(N2CCN(CC(C)C)CC2)cc1O. The second-order valence-electron chi connectivity index (χ2n) is 5.94. The predicted octanol–water partition coefficient (Wildman–Crippen LogP) is 2.37. The van der Waals surface area contributed by atoms with Crippen LogP contribution in [0.2, 0.25) is 0 Å². The van der Waals surface area contributed by atoms with Crippen LogP contribution in [-0.2, 0) is 0 Å². The summed E-state index contributed by atoms with van der Waals surface area (Å²) in [7, 11) is 0. The zero-order chi connectivity index (χ0) is 14.7. The number of phenolic OH excluding ortho intramolecular Hbond substituents is 1. The van der Waals surface area contributed by atoms with Gasteiger partial charge in [0.15, 0.2) is 5.78 Å². The highest BCUT2D eigenvalue weighted by molar-refractivity contribution is 5.97. The Labute approximate surface area is 121 Å². The monoisotopic (exact) mass is 276 g/mol. The molecule has 1 aliphatic heterocycles. The zero-order valence-corrected chi connectivity index (χ0v) is 12.6. The molecule has 2 rings (SSSR count). The Hall–Kier alpha value is -1.55. The van der Waals surface area contributed by atoms with Crippen LogP contribution in [0.3, 0.4) is 0 Å². The minimum atomic E-state index is -0.101. The zero-order valence-electron chi connectivity index (χ0n) is 12.6. The third-order valence-corrected chi connectivity index (χ3v) is 3.72. The number of carbonyl (C=O) groups excluding carboxylic acids is 1. The number of Topliss-reactive ketones (excluding diaryl/α,β-unsaturated/α-hetero) is 1. The second kappa shape index (κ2) is 6.27. The Bertz CT molecular complexity index is 477. The fraction of sp³-hybridized carbons (Fsp3) is 0.562. The molecule has 0 amide bonds. The summed E-state index contributed by atoms with van der Waals surface area (Å²) in [5.41, 5.74) is 1.39. The lowest BCUT2D eigenvalue weighted by Crippen LogP contribution is -2.47. The molecule has 1 heterocycles. The molecule has 1 saturated heterocycles. The molecule has 0 bridgehead atoms. The summed E-state index contributed by atoms with van der Waals surface area (Å²) in [6.45, 7) is 11.1. The van der Waals surface area contributed by atoms with Gasteiger partial charge < -0.3 is 10.0 Å². The highest BCUT2D eigenvalue weighted by Gasteiger charge is 2.18. The summed E-state index contributed by atoms with van der Waals surface area (Å²) in [4.78, 5) is 16.1. The van der Waals surface area contributed by atoms with Gasteiger partial charge in [-0.15, -0.1) is 0 Å². The standard InChI is InChI=1S/C16H24N2O2/c1-12(2)11-17-6-8-18(9-7-17)14-4-5-15(13(3)19)16(20)10-14/h4-5,10,12,20H,6-9,11H2,1-3H3. The van der Waals surface area contributed by atoms with E-state index in [1.807, 2.05) is 6.07 Å². The molecule has 4 heteroatoms. The first-order valence-electron chi connectivity index (χ1n) is 7.28. The van der Waals surface area contributed by atoms with Crippen LogP contribution in [0.25, 0.3) is 0 Å². The van der Waals surface area contributed by atoms with Crippen LogP contribution in [0.4, 0.5) is 5.69 Å². The lowest BCUT2D eigenvalue weighted by atomic mass is 10.1. The maximum Gasteiger partial charge on any atom is 0.163 e. The van der Waals surface area contributed by atoms with Crippen molar-refractivity contribution in [2.24, 2.45) is 5.92 Å². The van der Waals surface area contributed by atoms with E-state index in [0.717, 1.165) is 38.4 Å². The van der Waals surface area contributed by atoms with Crippen LogP contribution in [0.5, 0.6) is 5.75 Å². The largest absolute Gasteiger partial charge is 0.507 e. The normalized spacial score (nSPS) is 16.7. The first-order valence-corrected chi connectivity index (χ1v) is 7.28. The van der Waals surface area contributed by atoms with Crippen LogP contribution in [-0.4, -0.2) is 48.5 Å². The first-order chi connectivity index (χ1) is 9.47. The first kappa shape index (κ1) is 14.9. The third kappa shape index (κ3) is 3.51. The van der Waals surface area contributed by atoms with E-state index in [2.05, 4.69) is 23.6 Å². The van der Waals surface area contributed by atoms with Gasteiger partial charge in [0.25, 0.3) is 0 Å². The second-order valence-corrected chi connectivity index (χ2v) is 5.94. The van der Waals surface area contributed by atoms with Crippen molar-refractivity contribution in [2.75, 3.05) is 37.6 Å². The summed E-state index contributed by atoms with van der Waals surface area (Å²) < 4.78 is 0. The predicted molar refractivity (Wildman–Crippen MR) is 81.6 cm³/mol. The average Bonchev–Trinajstić information content (AvgIpc) is 2.38. The minimum absolute atomic E-state index is 0.0830. The van der Waals surface area contributed by atoms with Crippen molar-refractivity contribution in [1.82, 2.24) is 4.90 Å². The lowest BCUT2D eigenvalue weighted by molar-refractivity contribution is 0.101. The van der Waals surface area contributed by atoms with Gasteiger partial charge in [-0.3, -0.25) is 9.69 Å². The highest BCUT2D eigenvalue weighted by atomic mass is 16.3. The number of phenols is 1. The molecule has 20 heavy (non-hydrogen) atoms. The molecule has 1 aromatic carbocycles. The molecule has 1 fully saturated rings. The molecule has 0 spiro atoms. The number of carbonyl (C=O) groups is 1. The lowest BCUT2D eigenvalue weighted by Gasteiger charge is -2.36. The van der Waals surface area contributed by atoms with Crippen LogP contribution in [0.1, 0.15) is 31.1 Å². The number of hydrogen-bond donors (Lipinski definition) is 1. The highest BCUT2D eigenvalue weighted by Crippen LogP contribution is 2.26. The number of hydrogen-bond acceptors (Lipinski definition) is 4. The van der Waals surface area contributed by atoms with E-state index < -0.39 is 0 Å². The van der Waals surface area contributed by atoms with Gasteiger partial charge in [0.1, 0.15) is 5.75 Å². The summed E-state index contributed by atoms with van der Waals surface area (Å²) in [6, 6.07) is 5.34. The molecule has 0 aliphatic carbocycles. The quantitative estimate of drug-likeness (QED) is 0.858. The maximum absolute atomic E-state index is 11.3. The van der Waals surface area contributed by atoms with E-state index in [4.69, 9.17) is 0 Å². The molecule has 0 aromatic heterocycles. The summed E-state index contributed by atoms with van der Waals surface area (Å²) in [5, 5.41) is 9.91. The molecular weight excluding hydrogens is 252 g/mol. The number of rotatable bonds is 4. The van der Waals surface area contributed by atoms with Gasteiger partial charge in [-0.25, -0.2) is 0 Å². The smallest absolute Gasteiger partial charge is 0.163 e. The van der Waals surface area contributed by atoms with Crippen molar-refractivity contribution in [1.29, 1.82) is 0 Å². The Morgan fingerprint density at radius 1 is 1.25 bits per heavy atom. The molecule has 0 unspecified atom stereocenters. The van der Waals surface area contributed by atoms with Crippen molar-refractivity contribution in [3.05, 3.63) is 23.8 Å². The van der Waals surface area contributed by atoms with Crippen LogP contribution in [0.15, 0.2) is 18.2 Å². The molecule has 1 aliphatic rings. The molecule has 110 valence electrons. The van der Waals surface area contributed by atoms with Crippen LogP contribution in [0, 0.1) is 5.92 Å². The number of nitrogens with zero attached hydrogens (tertiary/aromatic N) is 2. The Morgan fingerprint density at radius 2 is 1.90 bits per heavy atom. The van der Waals surface area contributed by atoms with Crippen molar-refractivity contribution < 1.29 is 9.90 Å². The van der Waals surface area contributed by atoms with E-state index in [1.54, 1.807) is 12.1 Å². The number of ketones is 1. The van der Waals surface area contributed by atoms with Gasteiger partial charge in [0.2, 0.25) is 0 Å². The van der Waals surface area contributed by atoms with E-state index in [9.17, 15) is 9.90 Å². The fourth-order valence-electron chi connectivity index (χ4n) is 2.72. The van der Waals surface area contributed by atoms with Crippen molar-refractivity contribution in [2.45, 2.75) is 20.8 Å². The van der Waals surface area contributed by atoms with Gasteiger partial charge in [-0.05, 0) is 25.0 Å². The van der Waals surface area contributed by atoms with E-state index >= 15 is 0 Å². The number of piperazine rings is 1. The Balaban J connectivity index is 2.00. The van der Waals surface area contributed by atoms with Gasteiger partial charge >= 0.3 is 0 Å². The summed E-state index contributed by atoms with van der Waals surface area (Å²) in [5.74, 6) is 0.677. The molecule has 1 N–H and O–H groups in total. The molecule has 1 aromatic rings. The number of benzene rings is 1. The average molecular weight is 276 g/mol.